The van der Waals surface area contributed by atoms with Crippen molar-refractivity contribution < 1.29 is 0 Å². The molecule has 0 aliphatic rings. The van der Waals surface area contributed by atoms with Crippen LogP contribution >= 0.6 is 11.8 Å². The van der Waals surface area contributed by atoms with E-state index in [1.807, 2.05) is 19.2 Å². The number of pyridine rings is 1. The number of nitrogens with two attached hydrogens (primary N) is 1. The van der Waals surface area contributed by atoms with E-state index < -0.39 is 0 Å². The molecule has 1 aromatic heterocycles. The van der Waals surface area contributed by atoms with Crippen molar-refractivity contribution in [2.75, 3.05) is 0 Å². The third kappa shape index (κ3) is 3.12. The molecule has 0 saturated heterocycles. The van der Waals surface area contributed by atoms with Gasteiger partial charge in [0.1, 0.15) is 5.03 Å². The third-order valence-electron chi connectivity index (χ3n) is 2.84. The van der Waals surface area contributed by atoms with Crippen molar-refractivity contribution in [1.29, 1.82) is 0 Å². The second kappa shape index (κ2) is 5.55. The van der Waals surface area contributed by atoms with E-state index in [0.717, 1.165) is 10.6 Å². The minimum absolute atomic E-state index is 0.0472. The van der Waals surface area contributed by atoms with E-state index >= 15 is 0 Å². The van der Waals surface area contributed by atoms with Crippen LogP contribution in [-0.2, 0) is 0 Å². The number of aryl methyl sites for hydroxylation is 2. The summed E-state index contributed by atoms with van der Waals surface area (Å²) in [6.45, 7) is 6.22. The molecule has 0 aliphatic heterocycles. The van der Waals surface area contributed by atoms with E-state index in [-0.39, 0.29) is 6.04 Å². The molecule has 0 saturated carbocycles. The molecule has 94 valence electrons. The lowest BCUT2D eigenvalue weighted by Crippen LogP contribution is -2.04. The first-order chi connectivity index (χ1) is 8.56. The molecule has 2 rings (SSSR count). The van der Waals surface area contributed by atoms with Gasteiger partial charge < -0.3 is 5.73 Å². The summed E-state index contributed by atoms with van der Waals surface area (Å²) in [7, 11) is 0. The average molecular weight is 258 g/mol. The van der Waals surface area contributed by atoms with E-state index in [1.165, 1.54) is 16.0 Å². The van der Waals surface area contributed by atoms with Gasteiger partial charge in [0.05, 0.1) is 0 Å². The van der Waals surface area contributed by atoms with Crippen molar-refractivity contribution >= 4 is 11.8 Å². The molecule has 1 unspecified atom stereocenters. The molecule has 0 radical (unpaired) electrons. The number of benzene rings is 1. The summed E-state index contributed by atoms with van der Waals surface area (Å²) in [5, 5.41) is 0.999. The molecule has 2 aromatic rings. The maximum atomic E-state index is 5.89. The summed E-state index contributed by atoms with van der Waals surface area (Å²) in [5.74, 6) is 0. The highest BCUT2D eigenvalue weighted by molar-refractivity contribution is 7.99. The van der Waals surface area contributed by atoms with E-state index in [9.17, 15) is 0 Å². The normalized spacial score (nSPS) is 12.4. The first kappa shape index (κ1) is 13.1. The van der Waals surface area contributed by atoms with Crippen LogP contribution in [0.1, 0.15) is 29.7 Å². The molecule has 0 fully saturated rings. The van der Waals surface area contributed by atoms with Crippen LogP contribution in [-0.4, -0.2) is 4.98 Å². The van der Waals surface area contributed by atoms with Gasteiger partial charge in [-0.2, -0.15) is 0 Å². The van der Waals surface area contributed by atoms with Gasteiger partial charge in [0.2, 0.25) is 0 Å². The molecule has 1 aromatic carbocycles. The minimum atomic E-state index is 0.0472. The predicted molar refractivity (Wildman–Crippen MR) is 76.9 cm³/mol. The Kier molecular flexibility index (Phi) is 4.04. The molecule has 2 nitrogen and oxygen atoms in total. The van der Waals surface area contributed by atoms with Crippen LogP contribution in [0.5, 0.6) is 0 Å². The Bertz CT molecular complexity index is 550. The smallest absolute Gasteiger partial charge is 0.101 e. The number of hydrogen-bond acceptors (Lipinski definition) is 3. The Labute approximate surface area is 113 Å². The average Bonchev–Trinajstić information content (AvgIpc) is 2.34. The highest BCUT2D eigenvalue weighted by atomic mass is 32.2. The maximum Gasteiger partial charge on any atom is 0.101 e. The highest BCUT2D eigenvalue weighted by Crippen LogP contribution is 2.30. The van der Waals surface area contributed by atoms with E-state index in [2.05, 4.69) is 43.1 Å². The lowest BCUT2D eigenvalue weighted by molar-refractivity contribution is 0.808. The zero-order chi connectivity index (χ0) is 13.1. The van der Waals surface area contributed by atoms with Gasteiger partial charge in [-0.15, -0.1) is 0 Å². The number of rotatable bonds is 3. The van der Waals surface area contributed by atoms with Crippen molar-refractivity contribution in [2.24, 2.45) is 5.73 Å². The molecule has 0 aliphatic carbocycles. The van der Waals surface area contributed by atoms with Crippen molar-refractivity contribution in [3.8, 4) is 0 Å². The molecule has 18 heavy (non-hydrogen) atoms. The summed E-state index contributed by atoms with van der Waals surface area (Å²) < 4.78 is 0. The van der Waals surface area contributed by atoms with Crippen molar-refractivity contribution in [3.63, 3.8) is 0 Å². The number of hydrogen-bond donors (Lipinski definition) is 1. The first-order valence-electron chi connectivity index (χ1n) is 6.03. The molecular weight excluding hydrogens is 240 g/mol. The lowest BCUT2D eigenvalue weighted by atomic mass is 10.1. The van der Waals surface area contributed by atoms with Crippen LogP contribution in [0.3, 0.4) is 0 Å². The predicted octanol–water partition coefficient (Wildman–Crippen LogP) is 3.87. The van der Waals surface area contributed by atoms with Gasteiger partial charge in [0, 0.05) is 17.1 Å². The second-order valence-electron chi connectivity index (χ2n) is 4.59. The van der Waals surface area contributed by atoms with Gasteiger partial charge >= 0.3 is 0 Å². The van der Waals surface area contributed by atoms with Gasteiger partial charge in [-0.25, -0.2) is 4.98 Å². The Morgan fingerprint density at radius 3 is 2.67 bits per heavy atom. The fourth-order valence-electron chi connectivity index (χ4n) is 1.69. The Balaban J connectivity index is 2.28. The monoisotopic (exact) mass is 258 g/mol. The van der Waals surface area contributed by atoms with Gasteiger partial charge in [-0.05, 0) is 55.7 Å². The molecule has 1 atom stereocenters. The van der Waals surface area contributed by atoms with Crippen molar-refractivity contribution in [1.82, 2.24) is 4.98 Å². The quantitative estimate of drug-likeness (QED) is 0.908. The molecule has 2 N–H and O–H groups in total. The Morgan fingerprint density at radius 1 is 1.17 bits per heavy atom. The summed E-state index contributed by atoms with van der Waals surface area (Å²) in [4.78, 5) is 5.65. The largest absolute Gasteiger partial charge is 0.324 e. The Hall–Kier alpha value is -1.32. The van der Waals surface area contributed by atoms with Gasteiger partial charge in [0.25, 0.3) is 0 Å². The molecular formula is C15H18N2S. The van der Waals surface area contributed by atoms with Crippen LogP contribution in [0.25, 0.3) is 0 Å². The Morgan fingerprint density at radius 2 is 1.94 bits per heavy atom. The van der Waals surface area contributed by atoms with Crippen LogP contribution < -0.4 is 5.73 Å². The first-order valence-corrected chi connectivity index (χ1v) is 6.84. The van der Waals surface area contributed by atoms with E-state index in [0.29, 0.717) is 0 Å². The molecule has 3 heteroatoms. The summed E-state index contributed by atoms with van der Waals surface area (Å²) >= 11 is 1.69. The minimum Gasteiger partial charge on any atom is -0.324 e. The fraction of sp³-hybridized carbons (Fsp3) is 0.267. The summed E-state index contributed by atoms with van der Waals surface area (Å²) in [5.41, 5.74) is 9.56. The molecule has 1 heterocycles. The third-order valence-corrected chi connectivity index (χ3v) is 3.93. The van der Waals surface area contributed by atoms with Crippen LogP contribution in [0.2, 0.25) is 0 Å². The molecule has 0 bridgehead atoms. The zero-order valence-electron chi connectivity index (χ0n) is 11.0. The van der Waals surface area contributed by atoms with Gasteiger partial charge in [-0.3, -0.25) is 0 Å². The molecule has 0 amide bonds. The maximum absolute atomic E-state index is 5.89. The van der Waals surface area contributed by atoms with Crippen LogP contribution in [0.15, 0.2) is 46.5 Å². The zero-order valence-corrected chi connectivity index (χ0v) is 11.8. The van der Waals surface area contributed by atoms with Crippen molar-refractivity contribution in [3.05, 3.63) is 53.2 Å². The SMILES string of the molecule is Cc1ccc(C)c(Sc2cc(C(C)N)ccn2)c1. The molecule has 0 spiro atoms. The van der Waals surface area contributed by atoms with Crippen molar-refractivity contribution in [2.45, 2.75) is 36.7 Å². The van der Waals surface area contributed by atoms with E-state index in [1.54, 1.807) is 11.8 Å². The summed E-state index contributed by atoms with van der Waals surface area (Å²) in [6.07, 6.45) is 1.83. The topological polar surface area (TPSA) is 38.9 Å². The van der Waals surface area contributed by atoms with Gasteiger partial charge in [-0.1, -0.05) is 23.9 Å². The van der Waals surface area contributed by atoms with Crippen LogP contribution in [0, 0.1) is 13.8 Å². The van der Waals surface area contributed by atoms with E-state index in [4.69, 9.17) is 5.73 Å². The van der Waals surface area contributed by atoms with Gasteiger partial charge in [0.15, 0.2) is 0 Å². The lowest BCUT2D eigenvalue weighted by Gasteiger charge is -2.09. The highest BCUT2D eigenvalue weighted by Gasteiger charge is 2.05. The van der Waals surface area contributed by atoms with Crippen LogP contribution in [0.4, 0.5) is 0 Å². The fourth-order valence-corrected chi connectivity index (χ4v) is 2.70. The standard InChI is InChI=1S/C15H18N2S/c1-10-4-5-11(2)14(8-10)18-15-9-13(12(3)16)6-7-17-15/h4-9,12H,16H2,1-3H3. The summed E-state index contributed by atoms with van der Waals surface area (Å²) in [6, 6.07) is 10.6. The second-order valence-corrected chi connectivity index (χ2v) is 5.65. The number of nitrogens with zero attached hydrogens (tertiary/aromatic N) is 1. The number of aromatic nitrogens is 1.